The second-order valence-electron chi connectivity index (χ2n) is 12.6. The molecule has 0 bridgehead atoms. The number of likely N-dealkylation sites (N-methyl/N-ethyl adjacent to an activating group) is 1. The van der Waals surface area contributed by atoms with Crippen LogP contribution in [0.3, 0.4) is 0 Å². The number of aryl methyl sites for hydroxylation is 2. The summed E-state index contributed by atoms with van der Waals surface area (Å²) in [7, 11) is -1.62. The normalized spacial score (nSPS) is 11.1. The molecule has 8 N–H and O–H groups in total. The molecule has 0 unspecified atom stereocenters. The molecule has 0 saturated carbocycles. The second-order valence-corrected chi connectivity index (χ2v) is 15.9. The number of aromatic nitrogens is 5. The first-order valence-corrected chi connectivity index (χ1v) is 21.5. The van der Waals surface area contributed by atoms with Crippen LogP contribution in [0.15, 0.2) is 42.6 Å². The van der Waals surface area contributed by atoms with Crippen LogP contribution in [0.4, 0.5) is 11.6 Å². The van der Waals surface area contributed by atoms with Crippen molar-refractivity contribution in [3.05, 3.63) is 74.2 Å². The highest BCUT2D eigenvalue weighted by Gasteiger charge is 2.15. The number of ether oxygens (including phenoxy) is 2. The van der Waals surface area contributed by atoms with Crippen LogP contribution in [0.2, 0.25) is 20.1 Å². The van der Waals surface area contributed by atoms with E-state index in [-0.39, 0.29) is 37.4 Å². The minimum absolute atomic E-state index is 0.0150. The number of anilines is 2. The fourth-order valence-corrected chi connectivity index (χ4v) is 5.91. The van der Waals surface area contributed by atoms with E-state index in [0.717, 1.165) is 24.8 Å². The monoisotopic (exact) mass is 918 g/mol. The molecule has 2 heterocycles. The Morgan fingerprint density at radius 1 is 0.763 bits per heavy atom. The molecule has 0 saturated heterocycles. The number of halogens is 4. The number of nitrogen functional groups attached to an aromatic ring is 2. The van der Waals surface area contributed by atoms with E-state index in [1.165, 1.54) is 0 Å². The van der Waals surface area contributed by atoms with E-state index < -0.39 is 10.1 Å². The van der Waals surface area contributed by atoms with Crippen LogP contribution in [0.25, 0.3) is 22.5 Å². The fraction of sp³-hybridized carbons (Fsp3) is 0.432. The molecule has 2 aromatic carbocycles. The van der Waals surface area contributed by atoms with Gasteiger partial charge in [-0.2, -0.15) is 8.42 Å². The molecular formula is C37H50Cl4N10O7S. The summed E-state index contributed by atoms with van der Waals surface area (Å²) >= 11 is 24.4. The van der Waals surface area contributed by atoms with Crippen molar-refractivity contribution in [3.63, 3.8) is 0 Å². The number of nitrogens with two attached hydrogens (primary N) is 4. The molecule has 0 aliphatic rings. The van der Waals surface area contributed by atoms with Gasteiger partial charge in [0.2, 0.25) is 11.8 Å². The number of carbonyl (C=O) groups is 2. The smallest absolute Gasteiger partial charge is 0.264 e. The minimum atomic E-state index is -3.44. The third-order valence-electron chi connectivity index (χ3n) is 7.50. The Morgan fingerprint density at radius 3 is 1.86 bits per heavy atom. The van der Waals surface area contributed by atoms with Crippen LogP contribution in [-0.2, 0) is 46.2 Å². The van der Waals surface area contributed by atoms with Gasteiger partial charge in [-0.3, -0.25) is 23.7 Å². The summed E-state index contributed by atoms with van der Waals surface area (Å²) < 4.78 is 36.9. The average Bonchev–Trinajstić information content (AvgIpc) is 3.15. The molecule has 0 atom stereocenters. The topological polar surface area (TPSA) is 268 Å². The van der Waals surface area contributed by atoms with Gasteiger partial charge in [-0.25, -0.2) is 9.97 Å². The lowest BCUT2D eigenvalue weighted by Gasteiger charge is -2.14. The summed E-state index contributed by atoms with van der Waals surface area (Å²) in [5, 5.41) is 9.73. The fourth-order valence-electron chi connectivity index (χ4n) is 4.76. The van der Waals surface area contributed by atoms with Crippen LogP contribution in [0.5, 0.6) is 0 Å². The van der Waals surface area contributed by atoms with Crippen molar-refractivity contribution in [1.29, 1.82) is 0 Å². The summed E-state index contributed by atoms with van der Waals surface area (Å²) in [5.41, 5.74) is 24.8. The van der Waals surface area contributed by atoms with Crippen molar-refractivity contribution in [2.24, 2.45) is 11.5 Å². The first-order chi connectivity index (χ1) is 27.9. The van der Waals surface area contributed by atoms with Crippen molar-refractivity contribution >= 4 is 80.0 Å². The molecule has 0 aliphatic heterocycles. The van der Waals surface area contributed by atoms with E-state index in [9.17, 15) is 18.0 Å². The zero-order valence-corrected chi connectivity index (χ0v) is 36.8. The number of hydrogen-bond donors (Lipinski definition) is 4. The third kappa shape index (κ3) is 20.2. The van der Waals surface area contributed by atoms with E-state index in [4.69, 9.17) is 78.8 Å². The molecule has 17 nitrogen and oxygen atoms in total. The number of carbonyl (C=O) groups excluding carboxylic acids is 2. The Balaban J connectivity index is 0.000000358. The van der Waals surface area contributed by atoms with Crippen LogP contribution in [-0.4, -0.2) is 110 Å². The molecule has 2 aromatic heterocycles. The zero-order valence-electron chi connectivity index (χ0n) is 33.0. The van der Waals surface area contributed by atoms with Crippen molar-refractivity contribution in [3.8, 4) is 22.5 Å². The molecule has 2 amide bonds. The maximum atomic E-state index is 10.8. The molecule has 4 aromatic rings. The molecule has 0 aliphatic carbocycles. The van der Waals surface area contributed by atoms with Gasteiger partial charge in [0.1, 0.15) is 17.2 Å². The van der Waals surface area contributed by atoms with Crippen molar-refractivity contribution in [2.75, 3.05) is 70.9 Å². The SMILES string of the molecule is CCCC(N)=O.CN(CCOCCCc1cnc(-c2cccc(Cl)c2Cl)c(N)n1)CC(N)=O.CS(=O)(=O)OCCOCCCc1nnc(-c2cccc(Cl)c2Cl)c(N)n1. The Morgan fingerprint density at radius 2 is 1.34 bits per heavy atom. The zero-order chi connectivity index (χ0) is 44.0. The number of benzene rings is 2. The van der Waals surface area contributed by atoms with Crippen molar-refractivity contribution < 1.29 is 31.7 Å². The van der Waals surface area contributed by atoms with Gasteiger partial charge in [0.15, 0.2) is 11.6 Å². The first-order valence-electron chi connectivity index (χ1n) is 18.2. The maximum Gasteiger partial charge on any atom is 0.264 e. The molecule has 0 radical (unpaired) electrons. The number of amides is 2. The van der Waals surface area contributed by atoms with Crippen LogP contribution >= 0.6 is 46.4 Å². The molecule has 0 fully saturated rings. The predicted molar refractivity (Wildman–Crippen MR) is 231 cm³/mol. The van der Waals surface area contributed by atoms with E-state index in [0.29, 0.717) is 106 Å². The lowest BCUT2D eigenvalue weighted by Crippen LogP contribution is -2.33. The van der Waals surface area contributed by atoms with E-state index in [1.807, 2.05) is 18.9 Å². The van der Waals surface area contributed by atoms with E-state index in [1.54, 1.807) is 42.6 Å². The lowest BCUT2D eigenvalue weighted by molar-refractivity contribution is -0.119. The minimum Gasteiger partial charge on any atom is -0.382 e. The van der Waals surface area contributed by atoms with Crippen molar-refractivity contribution in [1.82, 2.24) is 30.0 Å². The predicted octanol–water partition coefficient (Wildman–Crippen LogP) is 5.02. The third-order valence-corrected chi connectivity index (χ3v) is 9.73. The summed E-state index contributed by atoms with van der Waals surface area (Å²) in [6.07, 6.45) is 6.65. The van der Waals surface area contributed by atoms with Crippen molar-refractivity contribution in [2.45, 2.75) is 45.4 Å². The number of nitrogens with zero attached hydrogens (tertiary/aromatic N) is 6. The highest BCUT2D eigenvalue weighted by molar-refractivity contribution is 7.85. The van der Waals surface area contributed by atoms with Gasteiger partial charge in [0.05, 0.1) is 58.4 Å². The largest absolute Gasteiger partial charge is 0.382 e. The van der Waals surface area contributed by atoms with Gasteiger partial charge in [-0.15, -0.1) is 10.2 Å². The summed E-state index contributed by atoms with van der Waals surface area (Å²) in [4.78, 5) is 35.4. The summed E-state index contributed by atoms with van der Waals surface area (Å²) in [6.45, 7) is 4.46. The molecular weight excluding hydrogens is 870 g/mol. The highest BCUT2D eigenvalue weighted by Crippen LogP contribution is 2.35. The Labute approximate surface area is 364 Å². The molecule has 324 valence electrons. The quantitative estimate of drug-likeness (QED) is 0.0631. The van der Waals surface area contributed by atoms with E-state index in [2.05, 4.69) is 29.3 Å². The molecule has 59 heavy (non-hydrogen) atoms. The lowest BCUT2D eigenvalue weighted by atomic mass is 10.1. The Kier molecular flexibility index (Phi) is 23.4. The average molecular weight is 921 g/mol. The Hall–Kier alpha value is -3.98. The number of hydrogen-bond acceptors (Lipinski definition) is 15. The Bertz CT molecular complexity index is 2070. The number of primary amides is 2. The van der Waals surface area contributed by atoms with Crippen LogP contribution in [0.1, 0.15) is 44.1 Å². The number of rotatable bonds is 21. The van der Waals surface area contributed by atoms with Gasteiger partial charge < -0.3 is 32.4 Å². The first kappa shape index (κ1) is 51.2. The van der Waals surface area contributed by atoms with Gasteiger partial charge in [0.25, 0.3) is 10.1 Å². The molecule has 0 spiro atoms. The maximum absolute atomic E-state index is 10.8. The standard InChI is InChI=1S/C18H23Cl2N5O2.C15H18Cl2N4O4S.C4H9NO/c1-25(11-15(21)26)7-9-27-8-3-4-12-10-23-17(18(22)24-12)13-5-2-6-14(19)16(13)20;1-26(22,23)25-9-8-24-7-3-6-12-19-15(18)14(21-20-12)10-4-2-5-11(16)13(10)17;1-2-3-4(5)6/h2,5-6,10H,3-4,7-9,11H2,1H3,(H2,21,26)(H2,22,24);2,4-5H,3,6-9H2,1H3,(H2,18,19,20);2-3H2,1H3,(H2,5,6). The van der Waals surface area contributed by atoms with Crippen LogP contribution < -0.4 is 22.9 Å². The van der Waals surface area contributed by atoms with Crippen LogP contribution in [0, 0.1) is 0 Å². The second kappa shape index (κ2) is 27.0. The summed E-state index contributed by atoms with van der Waals surface area (Å²) in [6, 6.07) is 10.4. The van der Waals surface area contributed by atoms with Gasteiger partial charge in [0, 0.05) is 49.9 Å². The van der Waals surface area contributed by atoms with Gasteiger partial charge in [-0.05, 0) is 44.9 Å². The van der Waals surface area contributed by atoms with Gasteiger partial charge >= 0.3 is 0 Å². The molecule has 4 rings (SSSR count). The summed E-state index contributed by atoms with van der Waals surface area (Å²) in [5.74, 6) is 0.432. The van der Waals surface area contributed by atoms with Gasteiger partial charge in [-0.1, -0.05) is 77.6 Å². The molecule has 22 heteroatoms. The van der Waals surface area contributed by atoms with E-state index >= 15 is 0 Å². The highest BCUT2D eigenvalue weighted by atomic mass is 35.5.